The molecule has 1 aromatic heterocycles. The molecular formula is C19H20BrCl2N5O2S. The zero-order chi connectivity index (χ0) is 21.5. The zero-order valence-corrected chi connectivity index (χ0v) is 20.3. The first-order chi connectivity index (χ1) is 14.5. The molecule has 3 aromatic rings. The average molecular weight is 533 g/mol. The number of methoxy groups -OCH3 is 1. The van der Waals surface area contributed by atoms with Crippen LogP contribution < -0.4 is 14.8 Å². The standard InChI is InChI=1S/C19H20BrCl2N5O2S/c1-27-19(24-25-26-27)30-7-6-23-10-12-8-17(28-2)18(9-14(12)20)29-11-13-15(21)4-3-5-16(13)22/h3-5,8-9,23H,6-7,10-11H2,1-2H3. The predicted molar refractivity (Wildman–Crippen MR) is 123 cm³/mol. The second kappa shape index (κ2) is 11.2. The van der Waals surface area contributed by atoms with Crippen LogP contribution in [0.5, 0.6) is 11.5 Å². The van der Waals surface area contributed by atoms with E-state index in [4.69, 9.17) is 32.7 Å². The molecule has 0 aliphatic heterocycles. The minimum Gasteiger partial charge on any atom is -0.493 e. The van der Waals surface area contributed by atoms with E-state index in [0.717, 1.165) is 33.1 Å². The fourth-order valence-electron chi connectivity index (χ4n) is 2.59. The molecule has 1 heterocycles. The van der Waals surface area contributed by atoms with Crippen molar-refractivity contribution in [2.45, 2.75) is 18.3 Å². The molecule has 0 aliphatic rings. The van der Waals surface area contributed by atoms with Gasteiger partial charge in [0, 0.05) is 46.0 Å². The fraction of sp³-hybridized carbons (Fsp3) is 0.316. The number of hydrogen-bond acceptors (Lipinski definition) is 7. The van der Waals surface area contributed by atoms with Crippen LogP contribution in [0.25, 0.3) is 0 Å². The van der Waals surface area contributed by atoms with Crippen LogP contribution in [0.3, 0.4) is 0 Å². The largest absolute Gasteiger partial charge is 0.493 e. The molecule has 1 N–H and O–H groups in total. The van der Waals surface area contributed by atoms with Gasteiger partial charge >= 0.3 is 0 Å². The smallest absolute Gasteiger partial charge is 0.209 e. The van der Waals surface area contributed by atoms with Gasteiger partial charge in [0.25, 0.3) is 0 Å². The Morgan fingerprint density at radius 2 is 1.97 bits per heavy atom. The number of tetrazole rings is 1. The van der Waals surface area contributed by atoms with Gasteiger partial charge in [-0.05, 0) is 40.3 Å². The second-order valence-electron chi connectivity index (χ2n) is 6.19. The van der Waals surface area contributed by atoms with Gasteiger partial charge < -0.3 is 14.8 Å². The molecule has 2 aromatic carbocycles. The van der Waals surface area contributed by atoms with E-state index in [1.54, 1.807) is 41.8 Å². The molecule has 3 rings (SSSR count). The number of ether oxygens (including phenoxy) is 2. The van der Waals surface area contributed by atoms with Crippen molar-refractivity contribution in [3.63, 3.8) is 0 Å². The zero-order valence-electron chi connectivity index (χ0n) is 16.4. The summed E-state index contributed by atoms with van der Waals surface area (Å²) in [5.74, 6) is 2.09. The summed E-state index contributed by atoms with van der Waals surface area (Å²) in [6.07, 6.45) is 0. The summed E-state index contributed by atoms with van der Waals surface area (Å²) in [5, 5.41) is 16.7. The molecule has 0 amide bonds. The Hall–Kier alpha value is -1.52. The minimum atomic E-state index is 0.243. The lowest BCUT2D eigenvalue weighted by Crippen LogP contribution is -2.17. The molecule has 0 radical (unpaired) electrons. The Labute approximate surface area is 197 Å². The van der Waals surface area contributed by atoms with Crippen molar-refractivity contribution < 1.29 is 9.47 Å². The summed E-state index contributed by atoms with van der Waals surface area (Å²) in [7, 11) is 3.43. The predicted octanol–water partition coefficient (Wildman–Crippen LogP) is 4.75. The lowest BCUT2D eigenvalue weighted by atomic mass is 10.2. The monoisotopic (exact) mass is 531 g/mol. The second-order valence-corrected chi connectivity index (χ2v) is 8.92. The van der Waals surface area contributed by atoms with Crippen LogP contribution in [0.15, 0.2) is 40.0 Å². The highest BCUT2D eigenvalue weighted by Gasteiger charge is 2.13. The lowest BCUT2D eigenvalue weighted by molar-refractivity contribution is 0.284. The molecule has 160 valence electrons. The third kappa shape index (κ3) is 6.01. The van der Waals surface area contributed by atoms with Crippen LogP contribution in [-0.4, -0.2) is 39.6 Å². The third-order valence-electron chi connectivity index (χ3n) is 4.17. The van der Waals surface area contributed by atoms with Gasteiger partial charge in [-0.25, -0.2) is 4.68 Å². The van der Waals surface area contributed by atoms with Crippen molar-refractivity contribution in [3.05, 3.63) is 56.0 Å². The van der Waals surface area contributed by atoms with Crippen LogP contribution >= 0.6 is 50.9 Å². The number of nitrogens with zero attached hydrogens (tertiary/aromatic N) is 4. The van der Waals surface area contributed by atoms with Gasteiger partial charge in [0.2, 0.25) is 5.16 Å². The van der Waals surface area contributed by atoms with Gasteiger partial charge in [-0.3, -0.25) is 0 Å². The van der Waals surface area contributed by atoms with Crippen molar-refractivity contribution in [1.29, 1.82) is 0 Å². The van der Waals surface area contributed by atoms with Gasteiger partial charge in [0.05, 0.1) is 7.11 Å². The minimum absolute atomic E-state index is 0.243. The van der Waals surface area contributed by atoms with E-state index in [2.05, 4.69) is 36.8 Å². The van der Waals surface area contributed by atoms with Crippen molar-refractivity contribution in [3.8, 4) is 11.5 Å². The summed E-state index contributed by atoms with van der Waals surface area (Å²) in [6, 6.07) is 9.21. The molecule has 0 fully saturated rings. The SMILES string of the molecule is COc1cc(CNCCSc2nnnn2C)c(Br)cc1OCc1c(Cl)cccc1Cl. The summed E-state index contributed by atoms with van der Waals surface area (Å²) in [4.78, 5) is 0. The van der Waals surface area contributed by atoms with Crippen LogP contribution in [0.4, 0.5) is 0 Å². The average Bonchev–Trinajstić information content (AvgIpc) is 3.13. The number of aromatic nitrogens is 4. The Kier molecular flexibility index (Phi) is 8.64. The normalized spacial score (nSPS) is 11.0. The first-order valence-corrected chi connectivity index (χ1v) is 11.5. The van der Waals surface area contributed by atoms with Crippen LogP contribution in [0, 0.1) is 0 Å². The Morgan fingerprint density at radius 3 is 2.63 bits per heavy atom. The first-order valence-electron chi connectivity index (χ1n) is 8.97. The summed E-state index contributed by atoms with van der Waals surface area (Å²) in [5.41, 5.74) is 1.79. The van der Waals surface area contributed by atoms with Crippen molar-refractivity contribution in [2.75, 3.05) is 19.4 Å². The van der Waals surface area contributed by atoms with E-state index in [-0.39, 0.29) is 6.61 Å². The van der Waals surface area contributed by atoms with Crippen LogP contribution in [-0.2, 0) is 20.2 Å². The number of aryl methyl sites for hydroxylation is 1. The van der Waals surface area contributed by atoms with E-state index < -0.39 is 0 Å². The topological polar surface area (TPSA) is 74.1 Å². The van der Waals surface area contributed by atoms with E-state index >= 15 is 0 Å². The maximum atomic E-state index is 6.22. The molecule has 0 aliphatic carbocycles. The van der Waals surface area contributed by atoms with Gasteiger partial charge in [-0.2, -0.15) is 0 Å². The quantitative estimate of drug-likeness (QED) is 0.298. The molecule has 30 heavy (non-hydrogen) atoms. The van der Waals surface area contributed by atoms with E-state index in [9.17, 15) is 0 Å². The number of halogens is 3. The summed E-state index contributed by atoms with van der Waals surface area (Å²) in [6.45, 7) is 1.72. The molecular weight excluding hydrogens is 513 g/mol. The summed E-state index contributed by atoms with van der Waals surface area (Å²) < 4.78 is 14.0. The van der Waals surface area contributed by atoms with Crippen LogP contribution in [0.2, 0.25) is 10.0 Å². The maximum Gasteiger partial charge on any atom is 0.209 e. The highest BCUT2D eigenvalue weighted by Crippen LogP contribution is 2.35. The summed E-state index contributed by atoms with van der Waals surface area (Å²) >= 11 is 17.7. The third-order valence-corrected chi connectivity index (χ3v) is 6.63. The Balaban J connectivity index is 1.57. The number of hydrogen-bond donors (Lipinski definition) is 1. The van der Waals surface area contributed by atoms with Crippen molar-refractivity contribution >= 4 is 50.9 Å². The molecule has 0 atom stereocenters. The highest BCUT2D eigenvalue weighted by atomic mass is 79.9. The maximum absolute atomic E-state index is 6.22. The van der Waals surface area contributed by atoms with Crippen LogP contribution in [0.1, 0.15) is 11.1 Å². The number of thioether (sulfide) groups is 1. The number of rotatable bonds is 10. The number of nitrogens with one attached hydrogen (secondary N) is 1. The molecule has 11 heteroatoms. The molecule has 0 saturated carbocycles. The fourth-order valence-corrected chi connectivity index (χ4v) is 4.30. The van der Waals surface area contributed by atoms with Gasteiger partial charge in [-0.15, -0.1) is 5.10 Å². The first kappa shape index (κ1) is 23.1. The molecule has 0 spiro atoms. The van der Waals surface area contributed by atoms with Gasteiger partial charge in [-0.1, -0.05) is 57.0 Å². The molecule has 0 unspecified atom stereocenters. The van der Waals surface area contributed by atoms with Crippen molar-refractivity contribution in [2.24, 2.45) is 7.05 Å². The van der Waals surface area contributed by atoms with Gasteiger partial charge in [0.15, 0.2) is 11.5 Å². The van der Waals surface area contributed by atoms with E-state index in [0.29, 0.717) is 28.1 Å². The van der Waals surface area contributed by atoms with E-state index in [1.165, 1.54) is 0 Å². The van der Waals surface area contributed by atoms with Gasteiger partial charge in [0.1, 0.15) is 6.61 Å². The number of benzene rings is 2. The van der Waals surface area contributed by atoms with Crippen molar-refractivity contribution in [1.82, 2.24) is 25.5 Å². The molecule has 0 bridgehead atoms. The van der Waals surface area contributed by atoms with E-state index in [1.807, 2.05) is 19.2 Å². The Morgan fingerprint density at radius 1 is 1.20 bits per heavy atom. The highest BCUT2D eigenvalue weighted by molar-refractivity contribution is 9.10. The Bertz CT molecular complexity index is 985. The lowest BCUT2D eigenvalue weighted by Gasteiger charge is -2.15. The molecule has 0 saturated heterocycles. The molecule has 7 nitrogen and oxygen atoms in total.